The molecule has 0 bridgehead atoms. The summed E-state index contributed by atoms with van der Waals surface area (Å²) >= 11 is 0. The number of amides is 1. The van der Waals surface area contributed by atoms with E-state index in [2.05, 4.69) is 27.0 Å². The molecule has 1 saturated heterocycles. The van der Waals surface area contributed by atoms with E-state index in [0.29, 0.717) is 29.8 Å². The SMILES string of the molecule is CC(C)(C)C(=O)c1c[nH]c2ncc(-c3cccc(CN4CCN(C(=O)CC#N)CC4)c3)nc12. The van der Waals surface area contributed by atoms with Crippen LogP contribution in [0, 0.1) is 16.7 Å². The highest BCUT2D eigenvalue weighted by Crippen LogP contribution is 2.27. The zero-order valence-electron chi connectivity index (χ0n) is 19.3. The van der Waals surface area contributed by atoms with Crippen LogP contribution in [0.2, 0.25) is 0 Å². The number of aromatic nitrogens is 3. The summed E-state index contributed by atoms with van der Waals surface area (Å²) < 4.78 is 0. The molecule has 0 saturated carbocycles. The van der Waals surface area contributed by atoms with Crippen LogP contribution in [0.4, 0.5) is 0 Å². The minimum Gasteiger partial charge on any atom is -0.344 e. The number of aromatic amines is 1. The molecule has 2 aromatic heterocycles. The zero-order chi connectivity index (χ0) is 23.6. The molecular weight excluding hydrogens is 416 g/mol. The van der Waals surface area contributed by atoms with Crippen LogP contribution in [0.15, 0.2) is 36.7 Å². The van der Waals surface area contributed by atoms with Crippen LogP contribution >= 0.6 is 0 Å². The molecule has 170 valence electrons. The molecule has 0 atom stereocenters. The quantitative estimate of drug-likeness (QED) is 0.605. The van der Waals surface area contributed by atoms with E-state index in [1.54, 1.807) is 17.3 Å². The predicted molar refractivity (Wildman–Crippen MR) is 125 cm³/mol. The number of carbonyl (C=O) groups is 2. The summed E-state index contributed by atoms with van der Waals surface area (Å²) in [7, 11) is 0. The van der Waals surface area contributed by atoms with Crippen molar-refractivity contribution in [3.05, 3.63) is 47.8 Å². The van der Waals surface area contributed by atoms with Crippen molar-refractivity contribution in [2.24, 2.45) is 5.41 Å². The second kappa shape index (κ2) is 9.12. The Morgan fingerprint density at radius 3 is 2.64 bits per heavy atom. The van der Waals surface area contributed by atoms with Gasteiger partial charge in [0.1, 0.15) is 11.9 Å². The van der Waals surface area contributed by atoms with Crippen molar-refractivity contribution in [2.45, 2.75) is 33.7 Å². The van der Waals surface area contributed by atoms with Crippen molar-refractivity contribution in [2.75, 3.05) is 26.2 Å². The molecule has 1 aliphatic heterocycles. The lowest BCUT2D eigenvalue weighted by Gasteiger charge is -2.34. The molecule has 8 nitrogen and oxygen atoms in total. The third-order valence-electron chi connectivity index (χ3n) is 5.89. The van der Waals surface area contributed by atoms with Gasteiger partial charge in [0.25, 0.3) is 0 Å². The van der Waals surface area contributed by atoms with Crippen LogP contribution in [-0.2, 0) is 11.3 Å². The fraction of sp³-hybridized carbons (Fsp3) is 0.400. The smallest absolute Gasteiger partial charge is 0.236 e. The Hall–Kier alpha value is -3.57. The van der Waals surface area contributed by atoms with E-state index in [-0.39, 0.29) is 18.1 Å². The lowest BCUT2D eigenvalue weighted by molar-refractivity contribution is -0.131. The number of ketones is 1. The minimum atomic E-state index is -0.504. The Balaban J connectivity index is 1.51. The zero-order valence-corrected chi connectivity index (χ0v) is 19.3. The molecule has 1 aliphatic rings. The van der Waals surface area contributed by atoms with Gasteiger partial charge in [0, 0.05) is 49.9 Å². The molecule has 0 spiro atoms. The standard InChI is InChI=1S/C25H28N6O2/c1-25(2,3)23(33)19-14-27-24-22(19)29-20(15-28-24)18-6-4-5-17(13-18)16-30-9-11-31(12-10-30)21(32)7-8-26/h4-6,13-15H,7,9-12,16H2,1-3H3,(H,27,28). The van der Waals surface area contributed by atoms with Crippen LogP contribution in [0.3, 0.4) is 0 Å². The average Bonchev–Trinajstić information content (AvgIpc) is 3.22. The molecule has 0 aliphatic carbocycles. The third-order valence-corrected chi connectivity index (χ3v) is 5.89. The molecule has 33 heavy (non-hydrogen) atoms. The van der Waals surface area contributed by atoms with Gasteiger partial charge in [0.15, 0.2) is 11.4 Å². The summed E-state index contributed by atoms with van der Waals surface area (Å²) in [4.78, 5) is 41.1. The summed E-state index contributed by atoms with van der Waals surface area (Å²) in [5, 5.41) is 8.72. The first-order valence-corrected chi connectivity index (χ1v) is 11.1. The van der Waals surface area contributed by atoms with E-state index in [4.69, 9.17) is 10.2 Å². The van der Waals surface area contributed by atoms with Gasteiger partial charge in [0.05, 0.1) is 23.5 Å². The molecule has 1 amide bonds. The van der Waals surface area contributed by atoms with E-state index in [1.165, 1.54) is 0 Å². The number of hydrogen-bond acceptors (Lipinski definition) is 6. The van der Waals surface area contributed by atoms with Crippen molar-refractivity contribution in [1.82, 2.24) is 24.8 Å². The van der Waals surface area contributed by atoms with Gasteiger partial charge in [-0.15, -0.1) is 0 Å². The number of hydrogen-bond donors (Lipinski definition) is 1. The first-order valence-electron chi connectivity index (χ1n) is 11.1. The van der Waals surface area contributed by atoms with Crippen LogP contribution in [0.1, 0.15) is 43.1 Å². The second-order valence-corrected chi connectivity index (χ2v) is 9.43. The first kappa shape index (κ1) is 22.6. The molecule has 4 rings (SSSR count). The molecule has 0 unspecified atom stereocenters. The number of carbonyl (C=O) groups excluding carboxylic acids is 2. The number of benzene rings is 1. The fourth-order valence-corrected chi connectivity index (χ4v) is 4.03. The van der Waals surface area contributed by atoms with E-state index in [0.717, 1.165) is 36.5 Å². The minimum absolute atomic E-state index is 0.0290. The molecule has 3 aromatic rings. The Morgan fingerprint density at radius 1 is 1.18 bits per heavy atom. The Labute approximate surface area is 193 Å². The van der Waals surface area contributed by atoms with E-state index in [1.807, 2.05) is 39.0 Å². The number of nitriles is 1. The molecule has 1 fully saturated rings. The van der Waals surface area contributed by atoms with Crippen molar-refractivity contribution in [1.29, 1.82) is 5.26 Å². The highest BCUT2D eigenvalue weighted by atomic mass is 16.2. The van der Waals surface area contributed by atoms with Crippen molar-refractivity contribution >= 4 is 22.9 Å². The van der Waals surface area contributed by atoms with E-state index in [9.17, 15) is 9.59 Å². The number of Topliss-reactive ketones (excluding diaryl/α,β-unsaturated/α-hetero) is 1. The van der Waals surface area contributed by atoms with Crippen LogP contribution < -0.4 is 0 Å². The summed E-state index contributed by atoms with van der Waals surface area (Å²) in [5.41, 5.74) is 4.06. The van der Waals surface area contributed by atoms with Gasteiger partial charge in [0.2, 0.25) is 5.91 Å². The Morgan fingerprint density at radius 2 is 1.94 bits per heavy atom. The monoisotopic (exact) mass is 444 g/mol. The van der Waals surface area contributed by atoms with Crippen LogP contribution in [0.5, 0.6) is 0 Å². The van der Waals surface area contributed by atoms with Crippen LogP contribution in [-0.4, -0.2) is 62.6 Å². The highest BCUT2D eigenvalue weighted by Gasteiger charge is 2.26. The molecular formula is C25H28N6O2. The van der Waals surface area contributed by atoms with Gasteiger partial charge in [-0.25, -0.2) is 9.97 Å². The lowest BCUT2D eigenvalue weighted by Crippen LogP contribution is -2.48. The number of H-pyrrole nitrogens is 1. The van der Waals surface area contributed by atoms with Crippen molar-refractivity contribution in [3.63, 3.8) is 0 Å². The maximum Gasteiger partial charge on any atom is 0.236 e. The summed E-state index contributed by atoms with van der Waals surface area (Å²) in [6, 6.07) is 10.1. The molecule has 3 heterocycles. The van der Waals surface area contributed by atoms with Crippen LogP contribution in [0.25, 0.3) is 22.4 Å². The normalized spacial score (nSPS) is 14.9. The Kier molecular flexibility index (Phi) is 6.25. The number of piperazine rings is 1. The molecule has 8 heteroatoms. The lowest BCUT2D eigenvalue weighted by atomic mass is 9.87. The highest BCUT2D eigenvalue weighted by molar-refractivity contribution is 6.08. The predicted octanol–water partition coefficient (Wildman–Crippen LogP) is 3.41. The van der Waals surface area contributed by atoms with E-state index < -0.39 is 5.41 Å². The van der Waals surface area contributed by atoms with Gasteiger partial charge < -0.3 is 9.88 Å². The van der Waals surface area contributed by atoms with Crippen molar-refractivity contribution < 1.29 is 9.59 Å². The summed E-state index contributed by atoms with van der Waals surface area (Å²) in [5.74, 6) is -0.0662. The average molecular weight is 445 g/mol. The molecule has 1 aromatic carbocycles. The number of nitrogens with one attached hydrogen (secondary N) is 1. The van der Waals surface area contributed by atoms with Gasteiger partial charge in [-0.2, -0.15) is 5.26 Å². The maximum atomic E-state index is 12.8. The largest absolute Gasteiger partial charge is 0.344 e. The molecule has 0 radical (unpaired) electrons. The number of fused-ring (bicyclic) bond motifs is 1. The summed E-state index contributed by atoms with van der Waals surface area (Å²) in [6.07, 6.45) is 3.36. The second-order valence-electron chi connectivity index (χ2n) is 9.43. The third kappa shape index (κ3) is 4.94. The molecule has 1 N–H and O–H groups in total. The van der Waals surface area contributed by atoms with Crippen molar-refractivity contribution in [3.8, 4) is 17.3 Å². The summed E-state index contributed by atoms with van der Waals surface area (Å²) in [6.45, 7) is 9.28. The fourth-order valence-electron chi connectivity index (χ4n) is 4.03. The van der Waals surface area contributed by atoms with Gasteiger partial charge in [-0.3, -0.25) is 14.5 Å². The van der Waals surface area contributed by atoms with Gasteiger partial charge in [-0.1, -0.05) is 39.0 Å². The van der Waals surface area contributed by atoms with Gasteiger partial charge in [-0.05, 0) is 11.6 Å². The number of rotatable bonds is 5. The number of nitrogens with zero attached hydrogens (tertiary/aromatic N) is 5. The Bertz CT molecular complexity index is 1230. The maximum absolute atomic E-state index is 12.8. The van der Waals surface area contributed by atoms with Gasteiger partial charge >= 0.3 is 0 Å². The first-order chi connectivity index (χ1) is 15.8. The topological polar surface area (TPSA) is 106 Å². The van der Waals surface area contributed by atoms with E-state index >= 15 is 0 Å².